The molecule has 1 aliphatic carbocycles. The Hall–Kier alpha value is -1.40. The maximum absolute atomic E-state index is 11.1. The normalized spacial score (nSPS) is 24.5. The minimum atomic E-state index is -0.614. The molecule has 6 nitrogen and oxygen atoms in total. The molecule has 0 aromatic carbocycles. The summed E-state index contributed by atoms with van der Waals surface area (Å²) in [6, 6.07) is 0. The molecule has 1 rings (SSSR count). The summed E-state index contributed by atoms with van der Waals surface area (Å²) in [7, 11) is 5.65. The Morgan fingerprint density at radius 2 is 2.29 bits per heavy atom. The third-order valence-electron chi connectivity index (χ3n) is 3.14. The van der Waals surface area contributed by atoms with Crippen LogP contribution in [0.15, 0.2) is 23.5 Å². The predicted octanol–water partition coefficient (Wildman–Crippen LogP) is 0.303. The summed E-state index contributed by atoms with van der Waals surface area (Å²) in [6.45, 7) is 0.778. The Labute approximate surface area is 101 Å². The number of rotatable bonds is 5. The quantitative estimate of drug-likeness (QED) is 0.533. The molecule has 0 heterocycles. The van der Waals surface area contributed by atoms with Gasteiger partial charge in [0.15, 0.2) is 0 Å². The topological polar surface area (TPSA) is 84.4 Å². The first-order valence-corrected chi connectivity index (χ1v) is 5.57. The summed E-state index contributed by atoms with van der Waals surface area (Å²) < 4.78 is 0. The van der Waals surface area contributed by atoms with E-state index in [-0.39, 0.29) is 10.6 Å². The van der Waals surface area contributed by atoms with Crippen LogP contribution in [0.3, 0.4) is 0 Å². The Kier molecular flexibility index (Phi) is 4.25. The Balaban J connectivity index is 2.98. The molecule has 17 heavy (non-hydrogen) atoms. The summed E-state index contributed by atoms with van der Waals surface area (Å²) in [4.78, 5) is 12.8. The molecular formula is C11H20N4O2. The minimum Gasteiger partial charge on any atom is -0.399 e. The summed E-state index contributed by atoms with van der Waals surface area (Å²) in [5.41, 5.74) is 5.64. The van der Waals surface area contributed by atoms with Gasteiger partial charge in [0.25, 0.3) is 5.70 Å². The highest BCUT2D eigenvalue weighted by atomic mass is 16.6. The van der Waals surface area contributed by atoms with Crippen molar-refractivity contribution >= 4 is 0 Å². The summed E-state index contributed by atoms with van der Waals surface area (Å²) in [6.07, 6.45) is 4.51. The molecular weight excluding hydrogens is 220 g/mol. The molecule has 0 bridgehead atoms. The van der Waals surface area contributed by atoms with Crippen molar-refractivity contribution in [3.05, 3.63) is 33.7 Å². The van der Waals surface area contributed by atoms with Crippen LogP contribution in [0.2, 0.25) is 0 Å². The maximum atomic E-state index is 11.1. The van der Waals surface area contributed by atoms with Crippen LogP contribution in [-0.2, 0) is 0 Å². The minimum absolute atomic E-state index is 0.154. The number of likely N-dealkylation sites (N-methyl/N-ethyl adjacent to an activating group) is 1. The Bertz CT molecular complexity index is 362. The van der Waals surface area contributed by atoms with Gasteiger partial charge in [-0.25, -0.2) is 0 Å². The molecule has 6 heteroatoms. The maximum Gasteiger partial charge on any atom is 0.268 e. The Morgan fingerprint density at radius 3 is 2.76 bits per heavy atom. The van der Waals surface area contributed by atoms with Gasteiger partial charge in [-0.05, 0) is 40.5 Å². The van der Waals surface area contributed by atoms with Gasteiger partial charge in [0.05, 0.1) is 4.92 Å². The number of hydrogen-bond acceptors (Lipinski definition) is 5. The van der Waals surface area contributed by atoms with Crippen molar-refractivity contribution < 1.29 is 4.92 Å². The molecule has 0 radical (unpaired) electrons. The van der Waals surface area contributed by atoms with Crippen LogP contribution in [0.4, 0.5) is 0 Å². The van der Waals surface area contributed by atoms with E-state index in [4.69, 9.17) is 5.73 Å². The van der Waals surface area contributed by atoms with E-state index in [0.717, 1.165) is 6.54 Å². The van der Waals surface area contributed by atoms with Crippen molar-refractivity contribution in [2.75, 3.05) is 27.7 Å². The first kappa shape index (κ1) is 13.7. The lowest BCUT2D eigenvalue weighted by Gasteiger charge is -2.32. The van der Waals surface area contributed by atoms with E-state index in [1.807, 2.05) is 25.1 Å². The average molecular weight is 240 g/mol. The van der Waals surface area contributed by atoms with E-state index in [0.29, 0.717) is 18.5 Å². The zero-order valence-corrected chi connectivity index (χ0v) is 10.6. The molecule has 1 atom stereocenters. The molecule has 0 fully saturated rings. The largest absolute Gasteiger partial charge is 0.399 e. The van der Waals surface area contributed by atoms with E-state index in [2.05, 4.69) is 5.32 Å². The highest BCUT2D eigenvalue weighted by molar-refractivity contribution is 5.31. The van der Waals surface area contributed by atoms with Crippen molar-refractivity contribution in [2.45, 2.75) is 18.4 Å². The van der Waals surface area contributed by atoms with Gasteiger partial charge in [0, 0.05) is 11.8 Å². The fourth-order valence-electron chi connectivity index (χ4n) is 1.98. The van der Waals surface area contributed by atoms with Crippen LogP contribution >= 0.6 is 0 Å². The van der Waals surface area contributed by atoms with Gasteiger partial charge < -0.3 is 16.0 Å². The van der Waals surface area contributed by atoms with Crippen LogP contribution in [0.25, 0.3) is 0 Å². The monoisotopic (exact) mass is 240 g/mol. The molecule has 1 unspecified atom stereocenters. The van der Waals surface area contributed by atoms with Gasteiger partial charge in [-0.3, -0.25) is 10.1 Å². The molecule has 0 spiro atoms. The second kappa shape index (κ2) is 5.29. The second-order valence-electron chi connectivity index (χ2n) is 4.58. The van der Waals surface area contributed by atoms with Gasteiger partial charge in [0.1, 0.15) is 5.54 Å². The van der Waals surface area contributed by atoms with Crippen molar-refractivity contribution in [1.29, 1.82) is 0 Å². The van der Waals surface area contributed by atoms with E-state index >= 15 is 0 Å². The molecule has 3 N–H and O–H groups in total. The molecule has 0 aliphatic heterocycles. The van der Waals surface area contributed by atoms with Crippen LogP contribution in [0, 0.1) is 10.1 Å². The number of hydrogen-bond donors (Lipinski definition) is 2. The second-order valence-corrected chi connectivity index (χ2v) is 4.58. The lowest BCUT2D eigenvalue weighted by molar-refractivity contribution is -0.436. The number of nitrogens with one attached hydrogen (secondary N) is 1. The van der Waals surface area contributed by atoms with Gasteiger partial charge in [-0.1, -0.05) is 6.08 Å². The van der Waals surface area contributed by atoms with Gasteiger partial charge in [0.2, 0.25) is 0 Å². The summed E-state index contributed by atoms with van der Waals surface area (Å²) in [5, 5.41) is 14.2. The van der Waals surface area contributed by atoms with Crippen LogP contribution in [-0.4, -0.2) is 43.0 Å². The lowest BCUT2D eigenvalue weighted by atomic mass is 9.83. The fraction of sp³-hybridized carbons (Fsp3) is 0.636. The van der Waals surface area contributed by atoms with Crippen LogP contribution in [0.1, 0.15) is 12.8 Å². The number of nitro groups is 1. The third kappa shape index (κ3) is 3.04. The van der Waals surface area contributed by atoms with Gasteiger partial charge >= 0.3 is 0 Å². The predicted molar refractivity (Wildman–Crippen MR) is 66.9 cm³/mol. The Morgan fingerprint density at radius 1 is 1.65 bits per heavy atom. The van der Waals surface area contributed by atoms with Crippen LogP contribution in [0.5, 0.6) is 0 Å². The van der Waals surface area contributed by atoms with Crippen molar-refractivity contribution in [3.63, 3.8) is 0 Å². The molecule has 0 saturated heterocycles. The zero-order valence-electron chi connectivity index (χ0n) is 10.6. The van der Waals surface area contributed by atoms with Crippen molar-refractivity contribution in [2.24, 2.45) is 5.73 Å². The number of allylic oxidation sites excluding steroid dienone is 1. The van der Waals surface area contributed by atoms with Crippen molar-refractivity contribution in [1.82, 2.24) is 10.2 Å². The van der Waals surface area contributed by atoms with E-state index in [1.54, 1.807) is 7.05 Å². The summed E-state index contributed by atoms with van der Waals surface area (Å²) in [5.74, 6) is 0. The molecule has 0 amide bonds. The smallest absolute Gasteiger partial charge is 0.268 e. The molecule has 96 valence electrons. The molecule has 0 aromatic heterocycles. The first-order chi connectivity index (χ1) is 7.91. The van der Waals surface area contributed by atoms with E-state index in [9.17, 15) is 10.1 Å². The SMILES string of the molecule is CNC1(CCN(C)C)CC=C(N)C=C1[N+](=O)[O-]. The third-order valence-corrected chi connectivity index (χ3v) is 3.14. The lowest BCUT2D eigenvalue weighted by Crippen LogP contribution is -2.49. The fourth-order valence-corrected chi connectivity index (χ4v) is 1.98. The molecule has 0 saturated carbocycles. The van der Waals surface area contributed by atoms with E-state index in [1.165, 1.54) is 6.08 Å². The zero-order chi connectivity index (χ0) is 13.1. The highest BCUT2D eigenvalue weighted by Gasteiger charge is 2.42. The standard InChI is InChI=1S/C11H20N4O2/c1-13-11(6-7-14(2)3)5-4-9(12)8-10(11)15(16)17/h4,8,13H,5-7,12H2,1-3H3. The first-order valence-electron chi connectivity index (χ1n) is 5.57. The molecule has 0 aromatic rings. The highest BCUT2D eigenvalue weighted by Crippen LogP contribution is 2.30. The van der Waals surface area contributed by atoms with Crippen LogP contribution < -0.4 is 11.1 Å². The van der Waals surface area contributed by atoms with Gasteiger partial charge in [-0.15, -0.1) is 0 Å². The average Bonchev–Trinajstić information content (AvgIpc) is 2.27. The number of nitrogens with zero attached hydrogens (tertiary/aromatic N) is 2. The van der Waals surface area contributed by atoms with E-state index < -0.39 is 5.54 Å². The van der Waals surface area contributed by atoms with Crippen molar-refractivity contribution in [3.8, 4) is 0 Å². The van der Waals surface area contributed by atoms with Gasteiger partial charge in [-0.2, -0.15) is 0 Å². The molecule has 1 aliphatic rings. The number of nitrogens with two attached hydrogens (primary N) is 1. The summed E-state index contributed by atoms with van der Waals surface area (Å²) >= 11 is 0.